The first-order valence-electron chi connectivity index (χ1n) is 9.10. The summed E-state index contributed by atoms with van der Waals surface area (Å²) in [4.78, 5) is 12.3. The van der Waals surface area contributed by atoms with Crippen molar-refractivity contribution in [2.45, 2.75) is 17.7 Å². The van der Waals surface area contributed by atoms with Crippen LogP contribution in [0.3, 0.4) is 0 Å². The van der Waals surface area contributed by atoms with E-state index in [9.17, 15) is 13.2 Å². The van der Waals surface area contributed by atoms with Gasteiger partial charge in [-0.3, -0.25) is 4.79 Å². The third-order valence-corrected chi connectivity index (χ3v) is 6.44. The lowest BCUT2D eigenvalue weighted by Gasteiger charge is -2.26. The summed E-state index contributed by atoms with van der Waals surface area (Å²) >= 11 is 0. The molecule has 3 rings (SSSR count). The summed E-state index contributed by atoms with van der Waals surface area (Å²) in [6.45, 7) is 1.30. The Bertz CT molecular complexity index is 909. The molecule has 0 spiro atoms. The molecule has 1 saturated heterocycles. The first-order chi connectivity index (χ1) is 13.5. The average molecular weight is 404 g/mol. The first-order valence-corrected chi connectivity index (χ1v) is 10.5. The zero-order valence-corrected chi connectivity index (χ0v) is 16.6. The number of rotatable bonds is 7. The number of sulfonamides is 1. The number of ether oxygens (including phenoxy) is 2. The molecule has 0 aromatic heterocycles. The normalized spacial score (nSPS) is 15.2. The van der Waals surface area contributed by atoms with Gasteiger partial charge in [0.25, 0.3) is 0 Å². The Labute approximate surface area is 165 Å². The molecule has 0 bridgehead atoms. The molecule has 0 saturated carbocycles. The van der Waals surface area contributed by atoms with Crippen LogP contribution in [-0.2, 0) is 26.0 Å². The van der Waals surface area contributed by atoms with Gasteiger partial charge in [-0.05, 0) is 30.2 Å². The van der Waals surface area contributed by atoms with Gasteiger partial charge in [0, 0.05) is 25.2 Å². The molecule has 0 radical (unpaired) electrons. The molecule has 0 aliphatic carbocycles. The predicted octanol–water partition coefficient (Wildman–Crippen LogP) is 2.29. The molecule has 7 nitrogen and oxygen atoms in total. The summed E-state index contributed by atoms with van der Waals surface area (Å²) in [5, 5.41) is 2.78. The second-order valence-electron chi connectivity index (χ2n) is 6.42. The van der Waals surface area contributed by atoms with E-state index < -0.39 is 10.0 Å². The molecule has 1 fully saturated rings. The zero-order chi connectivity index (χ0) is 20.0. The predicted molar refractivity (Wildman–Crippen MR) is 106 cm³/mol. The summed E-state index contributed by atoms with van der Waals surface area (Å²) in [7, 11) is -2.32. The van der Waals surface area contributed by atoms with Crippen LogP contribution >= 0.6 is 0 Å². The van der Waals surface area contributed by atoms with Crippen LogP contribution in [0.4, 0.5) is 5.69 Å². The molecule has 0 unspecified atom stereocenters. The topological polar surface area (TPSA) is 84.9 Å². The van der Waals surface area contributed by atoms with Crippen LogP contribution in [-0.4, -0.2) is 52.0 Å². The maximum Gasteiger partial charge on any atom is 0.246 e. The largest absolute Gasteiger partial charge is 0.495 e. The van der Waals surface area contributed by atoms with Gasteiger partial charge in [0.05, 0.1) is 20.3 Å². The number of nitrogens with zero attached hydrogens (tertiary/aromatic N) is 1. The van der Waals surface area contributed by atoms with Gasteiger partial charge in [-0.15, -0.1) is 0 Å². The quantitative estimate of drug-likeness (QED) is 0.765. The van der Waals surface area contributed by atoms with Crippen LogP contribution in [0.25, 0.3) is 0 Å². The lowest BCUT2D eigenvalue weighted by molar-refractivity contribution is -0.116. The molecule has 2 aromatic carbocycles. The molecule has 28 heavy (non-hydrogen) atoms. The molecule has 1 N–H and O–H groups in total. The van der Waals surface area contributed by atoms with Crippen LogP contribution in [0.1, 0.15) is 12.0 Å². The Hall–Kier alpha value is -2.42. The number of aryl methyl sites for hydroxylation is 1. The Balaban J connectivity index is 1.74. The second kappa shape index (κ2) is 9.18. The summed E-state index contributed by atoms with van der Waals surface area (Å²) in [5.41, 5.74) is 1.49. The fourth-order valence-electron chi connectivity index (χ4n) is 3.01. The van der Waals surface area contributed by atoms with Gasteiger partial charge in [-0.2, -0.15) is 4.31 Å². The summed E-state index contributed by atoms with van der Waals surface area (Å²) in [6, 6.07) is 14.4. The summed E-state index contributed by atoms with van der Waals surface area (Å²) in [6.07, 6.45) is 0.920. The third kappa shape index (κ3) is 4.89. The van der Waals surface area contributed by atoms with Crippen LogP contribution < -0.4 is 10.1 Å². The number of morpholine rings is 1. The van der Waals surface area contributed by atoms with Crippen LogP contribution in [0.15, 0.2) is 53.4 Å². The number of anilines is 1. The van der Waals surface area contributed by atoms with E-state index in [1.54, 1.807) is 12.1 Å². The van der Waals surface area contributed by atoms with Gasteiger partial charge < -0.3 is 14.8 Å². The number of hydrogen-bond acceptors (Lipinski definition) is 5. The Morgan fingerprint density at radius 2 is 1.86 bits per heavy atom. The Kier molecular flexibility index (Phi) is 6.66. The second-order valence-corrected chi connectivity index (χ2v) is 8.32. The molecule has 1 aliphatic heterocycles. The molecule has 150 valence electrons. The zero-order valence-electron chi connectivity index (χ0n) is 15.8. The third-order valence-electron chi connectivity index (χ3n) is 4.52. The minimum absolute atomic E-state index is 0.0396. The number of methoxy groups -OCH3 is 1. The van der Waals surface area contributed by atoms with E-state index in [0.717, 1.165) is 5.56 Å². The monoisotopic (exact) mass is 404 g/mol. The van der Waals surface area contributed by atoms with Crippen molar-refractivity contribution in [2.24, 2.45) is 0 Å². The summed E-state index contributed by atoms with van der Waals surface area (Å²) < 4.78 is 37.8. The van der Waals surface area contributed by atoms with E-state index in [2.05, 4.69) is 5.32 Å². The van der Waals surface area contributed by atoms with Gasteiger partial charge in [-0.25, -0.2) is 8.42 Å². The number of amides is 1. The SMILES string of the molecule is COc1ccc(NC(=O)CCc2ccccc2)cc1S(=O)(=O)N1CCOCC1. The minimum atomic E-state index is -3.74. The molecule has 0 atom stereocenters. The molecule has 2 aromatic rings. The highest BCUT2D eigenvalue weighted by molar-refractivity contribution is 7.89. The van der Waals surface area contributed by atoms with Crippen molar-refractivity contribution in [3.05, 3.63) is 54.1 Å². The first kappa shape index (κ1) is 20.3. The van der Waals surface area contributed by atoms with E-state index in [0.29, 0.717) is 44.8 Å². The van der Waals surface area contributed by atoms with E-state index in [-0.39, 0.29) is 16.6 Å². The molecule has 1 amide bonds. The van der Waals surface area contributed by atoms with Gasteiger partial charge in [-0.1, -0.05) is 30.3 Å². The van der Waals surface area contributed by atoms with Crippen molar-refractivity contribution in [3.63, 3.8) is 0 Å². The lowest BCUT2D eigenvalue weighted by Crippen LogP contribution is -2.40. The van der Waals surface area contributed by atoms with Crippen molar-refractivity contribution >= 4 is 21.6 Å². The van der Waals surface area contributed by atoms with E-state index in [1.165, 1.54) is 17.5 Å². The highest BCUT2D eigenvalue weighted by Crippen LogP contribution is 2.30. The van der Waals surface area contributed by atoms with Crippen LogP contribution in [0.5, 0.6) is 5.75 Å². The molecule has 8 heteroatoms. The number of hydrogen-bond donors (Lipinski definition) is 1. The van der Waals surface area contributed by atoms with Gasteiger partial charge in [0.1, 0.15) is 10.6 Å². The maximum absolute atomic E-state index is 13.0. The van der Waals surface area contributed by atoms with E-state index in [4.69, 9.17) is 9.47 Å². The van der Waals surface area contributed by atoms with Crippen molar-refractivity contribution in [3.8, 4) is 5.75 Å². The lowest BCUT2D eigenvalue weighted by atomic mass is 10.1. The van der Waals surface area contributed by atoms with Gasteiger partial charge >= 0.3 is 0 Å². The average Bonchev–Trinajstić information content (AvgIpc) is 2.73. The molecule has 1 aliphatic rings. The molecule has 1 heterocycles. The molecular weight excluding hydrogens is 380 g/mol. The highest BCUT2D eigenvalue weighted by atomic mass is 32.2. The maximum atomic E-state index is 13.0. The van der Waals surface area contributed by atoms with Crippen molar-refractivity contribution in [1.82, 2.24) is 4.31 Å². The number of nitrogens with one attached hydrogen (secondary N) is 1. The standard InChI is InChI=1S/C20H24N2O5S/c1-26-18-9-8-17(21-20(23)10-7-16-5-3-2-4-6-16)15-19(18)28(24,25)22-11-13-27-14-12-22/h2-6,8-9,15H,7,10-14H2,1H3,(H,21,23). The smallest absolute Gasteiger partial charge is 0.246 e. The Morgan fingerprint density at radius 1 is 1.14 bits per heavy atom. The molecular formula is C20H24N2O5S. The van der Waals surface area contributed by atoms with Crippen LogP contribution in [0.2, 0.25) is 0 Å². The van der Waals surface area contributed by atoms with Crippen molar-refractivity contribution < 1.29 is 22.7 Å². The van der Waals surface area contributed by atoms with E-state index >= 15 is 0 Å². The van der Waals surface area contributed by atoms with Crippen molar-refractivity contribution in [2.75, 3.05) is 38.7 Å². The van der Waals surface area contributed by atoms with E-state index in [1.807, 2.05) is 30.3 Å². The minimum Gasteiger partial charge on any atom is -0.495 e. The van der Waals surface area contributed by atoms with Crippen molar-refractivity contribution in [1.29, 1.82) is 0 Å². The number of benzene rings is 2. The number of carbonyl (C=O) groups excluding carboxylic acids is 1. The van der Waals surface area contributed by atoms with Gasteiger partial charge in [0.15, 0.2) is 0 Å². The summed E-state index contributed by atoms with van der Waals surface area (Å²) in [5.74, 6) is 0.0671. The van der Waals surface area contributed by atoms with Gasteiger partial charge in [0.2, 0.25) is 15.9 Å². The fourth-order valence-corrected chi connectivity index (χ4v) is 4.60. The highest BCUT2D eigenvalue weighted by Gasteiger charge is 2.29. The number of carbonyl (C=O) groups is 1. The fraction of sp³-hybridized carbons (Fsp3) is 0.350. The van der Waals surface area contributed by atoms with Crippen LogP contribution in [0, 0.1) is 0 Å². The Morgan fingerprint density at radius 3 is 2.54 bits per heavy atom.